The number of aromatic nitrogens is 1. The van der Waals surface area contributed by atoms with Crippen molar-refractivity contribution >= 4 is 49.9 Å². The fourth-order valence-electron chi connectivity index (χ4n) is 2.19. The maximum atomic E-state index is 12.7. The van der Waals surface area contributed by atoms with Crippen molar-refractivity contribution in [3.05, 3.63) is 75.0 Å². The zero-order valence-corrected chi connectivity index (χ0v) is 18.0. The van der Waals surface area contributed by atoms with Crippen LogP contribution in [0.1, 0.15) is 5.56 Å². The number of ether oxygens (including phenoxy) is 1. The van der Waals surface area contributed by atoms with Crippen LogP contribution in [0.3, 0.4) is 0 Å². The first-order valence-corrected chi connectivity index (χ1v) is 10.8. The lowest BCUT2D eigenvalue weighted by Gasteiger charge is -2.11. The number of rotatable bonds is 5. The minimum absolute atomic E-state index is 0.110. The van der Waals surface area contributed by atoms with Crippen LogP contribution in [0, 0.1) is 3.57 Å². The molecule has 1 aromatic heterocycles. The Morgan fingerprint density at radius 2 is 1.66 bits per heavy atom. The van der Waals surface area contributed by atoms with Crippen LogP contribution in [0.15, 0.2) is 65.7 Å². The van der Waals surface area contributed by atoms with E-state index < -0.39 is 21.8 Å². The molecule has 0 bridgehead atoms. The standard InChI is InChI=1S/C18H11ClF3IN2O3S/c19-16-9-11(18(20,21)22)10-24-17(16)28-14-5-3-13(4-6-14)25-29(26,27)15-7-1-12(23)2-8-15/h1-10,25H. The summed E-state index contributed by atoms with van der Waals surface area (Å²) in [6.07, 6.45) is -3.95. The highest BCUT2D eigenvalue weighted by Crippen LogP contribution is 2.34. The van der Waals surface area contributed by atoms with Gasteiger partial charge in [-0.2, -0.15) is 13.2 Å². The van der Waals surface area contributed by atoms with Gasteiger partial charge in [-0.3, -0.25) is 4.72 Å². The number of nitrogens with zero attached hydrogens (tertiary/aromatic N) is 1. The molecular weight excluding hydrogens is 544 g/mol. The van der Waals surface area contributed by atoms with Crippen LogP contribution >= 0.6 is 34.2 Å². The van der Waals surface area contributed by atoms with Crippen LogP contribution in [0.25, 0.3) is 0 Å². The van der Waals surface area contributed by atoms with Gasteiger partial charge in [-0.05, 0) is 77.2 Å². The number of hydrogen-bond acceptors (Lipinski definition) is 4. The number of benzene rings is 2. The molecule has 3 aromatic rings. The molecule has 0 fully saturated rings. The molecule has 0 aliphatic heterocycles. The Hall–Kier alpha value is -2.05. The maximum Gasteiger partial charge on any atom is 0.417 e. The lowest BCUT2D eigenvalue weighted by Crippen LogP contribution is -2.12. The smallest absolute Gasteiger partial charge is 0.417 e. The van der Waals surface area contributed by atoms with Gasteiger partial charge < -0.3 is 4.74 Å². The normalized spacial score (nSPS) is 11.9. The number of pyridine rings is 1. The van der Waals surface area contributed by atoms with Crippen molar-refractivity contribution < 1.29 is 26.3 Å². The van der Waals surface area contributed by atoms with Crippen LogP contribution in [0.5, 0.6) is 11.6 Å². The Morgan fingerprint density at radius 3 is 2.21 bits per heavy atom. The number of nitrogens with one attached hydrogen (secondary N) is 1. The average Bonchev–Trinajstić information content (AvgIpc) is 2.64. The summed E-state index contributed by atoms with van der Waals surface area (Å²) in [4.78, 5) is 3.69. The summed E-state index contributed by atoms with van der Waals surface area (Å²) in [7, 11) is -3.76. The quantitative estimate of drug-likeness (QED) is 0.396. The SMILES string of the molecule is O=S(=O)(Nc1ccc(Oc2ncc(C(F)(F)F)cc2Cl)cc1)c1ccc(I)cc1. The predicted octanol–water partition coefficient (Wildman–Crippen LogP) is 5.95. The first kappa shape index (κ1) is 21.7. The fourth-order valence-corrected chi connectivity index (χ4v) is 3.81. The van der Waals surface area contributed by atoms with Gasteiger partial charge in [-0.25, -0.2) is 13.4 Å². The number of anilines is 1. The maximum absolute atomic E-state index is 12.7. The molecule has 29 heavy (non-hydrogen) atoms. The molecular formula is C18H11ClF3IN2O3S. The van der Waals surface area contributed by atoms with E-state index in [4.69, 9.17) is 16.3 Å². The molecule has 0 unspecified atom stereocenters. The zero-order valence-electron chi connectivity index (χ0n) is 14.2. The third kappa shape index (κ3) is 5.52. The largest absolute Gasteiger partial charge is 0.438 e. The Bertz CT molecular complexity index is 1120. The van der Waals surface area contributed by atoms with Crippen LogP contribution in [-0.4, -0.2) is 13.4 Å². The van der Waals surface area contributed by atoms with Crippen molar-refractivity contribution in [2.45, 2.75) is 11.1 Å². The van der Waals surface area contributed by atoms with Crippen LogP contribution < -0.4 is 9.46 Å². The van der Waals surface area contributed by atoms with Gasteiger partial charge in [0.25, 0.3) is 10.0 Å². The first-order chi connectivity index (χ1) is 13.5. The monoisotopic (exact) mass is 554 g/mol. The van der Waals surface area contributed by atoms with E-state index in [1.165, 1.54) is 36.4 Å². The molecule has 0 amide bonds. The highest BCUT2D eigenvalue weighted by atomic mass is 127. The second kappa shape index (κ2) is 8.36. The number of sulfonamides is 1. The molecule has 2 aromatic carbocycles. The van der Waals surface area contributed by atoms with E-state index in [1.807, 2.05) is 0 Å². The second-order valence-corrected chi connectivity index (χ2v) is 9.03. The number of alkyl halides is 3. The molecule has 3 rings (SSSR count). The summed E-state index contributed by atoms with van der Waals surface area (Å²) >= 11 is 7.87. The summed E-state index contributed by atoms with van der Waals surface area (Å²) in [6, 6.07) is 12.8. The summed E-state index contributed by atoms with van der Waals surface area (Å²) in [6.45, 7) is 0. The molecule has 1 heterocycles. The predicted molar refractivity (Wildman–Crippen MR) is 111 cm³/mol. The van der Waals surface area contributed by atoms with Crippen molar-refractivity contribution in [1.29, 1.82) is 0 Å². The highest BCUT2D eigenvalue weighted by molar-refractivity contribution is 14.1. The number of halogens is 5. The molecule has 0 aliphatic carbocycles. The summed E-state index contributed by atoms with van der Waals surface area (Å²) in [5.74, 6) is 0.0169. The highest BCUT2D eigenvalue weighted by Gasteiger charge is 2.31. The van der Waals surface area contributed by atoms with Crippen LogP contribution in [-0.2, 0) is 16.2 Å². The van der Waals surface area contributed by atoms with Gasteiger partial charge in [0.2, 0.25) is 5.88 Å². The van der Waals surface area contributed by atoms with Crippen molar-refractivity contribution in [2.24, 2.45) is 0 Å². The molecule has 0 saturated carbocycles. The molecule has 0 saturated heterocycles. The summed E-state index contributed by atoms with van der Waals surface area (Å²) < 4.78 is 71.4. The Morgan fingerprint density at radius 1 is 1.03 bits per heavy atom. The molecule has 5 nitrogen and oxygen atoms in total. The van der Waals surface area contributed by atoms with E-state index in [0.717, 1.165) is 3.57 Å². The van der Waals surface area contributed by atoms with Crippen molar-refractivity contribution in [2.75, 3.05) is 4.72 Å². The van der Waals surface area contributed by atoms with Gasteiger partial charge in [0.05, 0.1) is 10.5 Å². The summed E-state index contributed by atoms with van der Waals surface area (Å²) in [5.41, 5.74) is -0.711. The fraction of sp³-hybridized carbons (Fsp3) is 0.0556. The van der Waals surface area contributed by atoms with E-state index >= 15 is 0 Å². The van der Waals surface area contributed by atoms with E-state index in [0.29, 0.717) is 12.3 Å². The molecule has 0 radical (unpaired) electrons. The third-order valence-corrected chi connectivity index (χ3v) is 5.97. The van der Waals surface area contributed by atoms with E-state index in [-0.39, 0.29) is 27.2 Å². The molecule has 152 valence electrons. The first-order valence-electron chi connectivity index (χ1n) is 7.84. The van der Waals surface area contributed by atoms with Crippen LogP contribution in [0.4, 0.5) is 18.9 Å². The van der Waals surface area contributed by atoms with E-state index in [2.05, 4.69) is 32.3 Å². The van der Waals surface area contributed by atoms with Gasteiger partial charge >= 0.3 is 6.18 Å². The lowest BCUT2D eigenvalue weighted by atomic mass is 10.3. The van der Waals surface area contributed by atoms with Crippen molar-refractivity contribution in [3.63, 3.8) is 0 Å². The van der Waals surface area contributed by atoms with Gasteiger partial charge in [0.1, 0.15) is 10.8 Å². The minimum Gasteiger partial charge on any atom is -0.438 e. The second-order valence-electron chi connectivity index (χ2n) is 5.69. The van der Waals surface area contributed by atoms with Gasteiger partial charge in [0.15, 0.2) is 0 Å². The number of hydrogen-bond donors (Lipinski definition) is 1. The minimum atomic E-state index is -4.56. The third-order valence-electron chi connectivity index (χ3n) is 3.58. The zero-order chi connectivity index (χ0) is 21.2. The van der Waals surface area contributed by atoms with E-state index in [1.54, 1.807) is 12.1 Å². The van der Waals surface area contributed by atoms with E-state index in [9.17, 15) is 21.6 Å². The van der Waals surface area contributed by atoms with Gasteiger partial charge in [-0.15, -0.1) is 0 Å². The summed E-state index contributed by atoms with van der Waals surface area (Å²) in [5, 5.41) is -0.302. The van der Waals surface area contributed by atoms with Gasteiger partial charge in [0, 0.05) is 15.5 Å². The average molecular weight is 555 g/mol. The van der Waals surface area contributed by atoms with Crippen molar-refractivity contribution in [1.82, 2.24) is 4.98 Å². The molecule has 0 aliphatic rings. The molecule has 0 spiro atoms. The van der Waals surface area contributed by atoms with Crippen LogP contribution in [0.2, 0.25) is 5.02 Å². The lowest BCUT2D eigenvalue weighted by molar-refractivity contribution is -0.137. The molecule has 1 N–H and O–H groups in total. The molecule has 11 heteroatoms. The Labute approximate surface area is 183 Å². The Balaban J connectivity index is 1.73. The Kier molecular flexibility index (Phi) is 6.24. The molecule has 0 atom stereocenters. The topological polar surface area (TPSA) is 68.3 Å². The van der Waals surface area contributed by atoms with Gasteiger partial charge in [-0.1, -0.05) is 11.6 Å². The van der Waals surface area contributed by atoms with Crippen molar-refractivity contribution in [3.8, 4) is 11.6 Å².